The number of ether oxygens (including phenoxy) is 1. The lowest BCUT2D eigenvalue weighted by atomic mass is 10.1. The Morgan fingerprint density at radius 1 is 1.05 bits per heavy atom. The Kier molecular flexibility index (Phi) is 3.78. The molecule has 1 saturated heterocycles. The fraction of sp³-hybridized carbons (Fsp3) is 0.176. The molecular formula is C17H14NO4-. The molecule has 1 amide bonds. The molecule has 5 heteroatoms. The van der Waals surface area contributed by atoms with Crippen molar-refractivity contribution in [2.45, 2.75) is 6.42 Å². The molecule has 1 aliphatic rings. The zero-order valence-electron chi connectivity index (χ0n) is 11.8. The Hall–Kier alpha value is -2.82. The Morgan fingerprint density at radius 3 is 2.27 bits per heavy atom. The molecule has 0 bridgehead atoms. The summed E-state index contributed by atoms with van der Waals surface area (Å²) in [7, 11) is 0. The average molecular weight is 296 g/mol. The van der Waals surface area contributed by atoms with Crippen molar-refractivity contribution in [3.05, 3.63) is 54.6 Å². The topological polar surface area (TPSA) is 69.7 Å². The summed E-state index contributed by atoms with van der Waals surface area (Å²) in [6.45, 7) is 0.153. The van der Waals surface area contributed by atoms with Crippen molar-refractivity contribution >= 4 is 17.6 Å². The predicted molar refractivity (Wildman–Crippen MR) is 78.4 cm³/mol. The minimum absolute atomic E-state index is 0.00933. The maximum Gasteiger partial charge on any atom is 0.227 e. The van der Waals surface area contributed by atoms with E-state index in [9.17, 15) is 14.7 Å². The Labute approximate surface area is 127 Å². The molecule has 0 saturated carbocycles. The molecule has 1 aliphatic heterocycles. The highest BCUT2D eigenvalue weighted by Crippen LogP contribution is 2.28. The van der Waals surface area contributed by atoms with Gasteiger partial charge in [-0.3, -0.25) is 4.79 Å². The molecule has 1 atom stereocenters. The number of hydrogen-bond acceptors (Lipinski definition) is 4. The molecular weight excluding hydrogens is 282 g/mol. The summed E-state index contributed by atoms with van der Waals surface area (Å²) in [4.78, 5) is 24.2. The number of carboxylic acid groups (broad SMARTS) is 1. The molecule has 0 aromatic heterocycles. The molecule has 0 aliphatic carbocycles. The molecule has 1 heterocycles. The number of hydrogen-bond donors (Lipinski definition) is 0. The van der Waals surface area contributed by atoms with Crippen LogP contribution in [0.3, 0.4) is 0 Å². The lowest BCUT2D eigenvalue weighted by Crippen LogP contribution is -2.33. The molecule has 0 N–H and O–H groups in total. The van der Waals surface area contributed by atoms with Crippen LogP contribution in [0.5, 0.6) is 11.5 Å². The second-order valence-corrected chi connectivity index (χ2v) is 5.13. The zero-order chi connectivity index (χ0) is 15.5. The van der Waals surface area contributed by atoms with Gasteiger partial charge in [-0.25, -0.2) is 0 Å². The average Bonchev–Trinajstić information content (AvgIpc) is 2.91. The number of aliphatic carboxylic acids is 1. The van der Waals surface area contributed by atoms with Crippen molar-refractivity contribution in [1.29, 1.82) is 0 Å². The Balaban J connectivity index is 1.72. The summed E-state index contributed by atoms with van der Waals surface area (Å²) in [6.07, 6.45) is -0.00933. The SMILES string of the molecule is O=C([O-])[C@H]1CC(=O)N(c2ccc(Oc3ccccc3)cc2)C1. The monoisotopic (exact) mass is 296 g/mol. The van der Waals surface area contributed by atoms with E-state index in [4.69, 9.17) is 4.74 Å². The van der Waals surface area contributed by atoms with E-state index in [0.29, 0.717) is 11.4 Å². The minimum atomic E-state index is -1.18. The van der Waals surface area contributed by atoms with Gasteiger partial charge in [0.1, 0.15) is 11.5 Å². The molecule has 22 heavy (non-hydrogen) atoms. The first-order valence-electron chi connectivity index (χ1n) is 6.97. The van der Waals surface area contributed by atoms with Crippen molar-refractivity contribution in [3.8, 4) is 11.5 Å². The summed E-state index contributed by atoms with van der Waals surface area (Å²) in [5.41, 5.74) is 0.661. The standard InChI is InChI=1S/C17H15NO4/c19-16-10-12(17(20)21)11-18(16)13-6-8-15(9-7-13)22-14-4-2-1-3-5-14/h1-9,12H,10-11H2,(H,20,21)/p-1/t12-/m0/s1. The highest BCUT2D eigenvalue weighted by atomic mass is 16.5. The first-order valence-corrected chi connectivity index (χ1v) is 6.97. The molecule has 3 rings (SSSR count). The number of nitrogens with zero attached hydrogens (tertiary/aromatic N) is 1. The number of rotatable bonds is 4. The van der Waals surface area contributed by atoms with Crippen molar-refractivity contribution in [3.63, 3.8) is 0 Å². The third-order valence-electron chi connectivity index (χ3n) is 3.59. The second-order valence-electron chi connectivity index (χ2n) is 5.13. The summed E-state index contributed by atoms with van der Waals surface area (Å²) in [5.74, 6) is -0.749. The molecule has 1 fully saturated rings. The Morgan fingerprint density at radius 2 is 1.68 bits per heavy atom. The zero-order valence-corrected chi connectivity index (χ0v) is 11.8. The van der Waals surface area contributed by atoms with Gasteiger partial charge in [-0.05, 0) is 36.4 Å². The van der Waals surface area contributed by atoms with E-state index in [1.165, 1.54) is 4.90 Å². The third-order valence-corrected chi connectivity index (χ3v) is 3.59. The lowest BCUT2D eigenvalue weighted by Gasteiger charge is -2.17. The van der Waals surface area contributed by atoms with Crippen LogP contribution in [0.25, 0.3) is 0 Å². The van der Waals surface area contributed by atoms with Crippen LogP contribution in [-0.4, -0.2) is 18.4 Å². The van der Waals surface area contributed by atoms with Crippen LogP contribution < -0.4 is 14.7 Å². The summed E-state index contributed by atoms with van der Waals surface area (Å²) in [5, 5.41) is 10.9. The van der Waals surface area contributed by atoms with Crippen LogP contribution in [0, 0.1) is 5.92 Å². The molecule has 2 aromatic carbocycles. The van der Waals surface area contributed by atoms with E-state index in [0.717, 1.165) is 5.75 Å². The molecule has 5 nitrogen and oxygen atoms in total. The maximum atomic E-state index is 11.9. The van der Waals surface area contributed by atoms with Crippen molar-refractivity contribution in [1.82, 2.24) is 0 Å². The van der Waals surface area contributed by atoms with Crippen LogP contribution >= 0.6 is 0 Å². The van der Waals surface area contributed by atoms with Gasteiger partial charge in [0, 0.05) is 30.5 Å². The van der Waals surface area contributed by atoms with Crippen molar-refractivity contribution in [2.75, 3.05) is 11.4 Å². The van der Waals surface area contributed by atoms with Crippen molar-refractivity contribution in [2.24, 2.45) is 5.92 Å². The van der Waals surface area contributed by atoms with Crippen LogP contribution in [0.1, 0.15) is 6.42 Å². The van der Waals surface area contributed by atoms with Crippen molar-refractivity contribution < 1.29 is 19.4 Å². The molecule has 112 valence electrons. The highest BCUT2D eigenvalue weighted by molar-refractivity contribution is 5.98. The number of carboxylic acids is 1. The van der Waals surface area contributed by atoms with Gasteiger partial charge >= 0.3 is 0 Å². The number of benzene rings is 2. The van der Waals surface area contributed by atoms with Gasteiger partial charge in [0.2, 0.25) is 5.91 Å². The Bertz CT molecular complexity index is 682. The van der Waals surface area contributed by atoms with Gasteiger partial charge in [0.15, 0.2) is 0 Å². The van der Waals surface area contributed by atoms with Gasteiger partial charge in [-0.2, -0.15) is 0 Å². The predicted octanol–water partition coefficient (Wildman–Crippen LogP) is 1.58. The number of carbonyl (C=O) groups excluding carboxylic acids is 2. The fourth-order valence-corrected chi connectivity index (χ4v) is 2.43. The van der Waals surface area contributed by atoms with Gasteiger partial charge in [-0.1, -0.05) is 18.2 Å². The van der Waals surface area contributed by atoms with Gasteiger partial charge in [0.05, 0.1) is 0 Å². The number of anilines is 1. The van der Waals surface area contributed by atoms with Crippen LogP contribution in [-0.2, 0) is 9.59 Å². The molecule has 0 unspecified atom stereocenters. The van der Waals surface area contributed by atoms with Gasteiger partial charge in [-0.15, -0.1) is 0 Å². The summed E-state index contributed by atoms with van der Waals surface area (Å²) in [6, 6.07) is 16.4. The first-order chi connectivity index (χ1) is 10.6. The summed E-state index contributed by atoms with van der Waals surface area (Å²) >= 11 is 0. The normalized spacial score (nSPS) is 17.5. The van der Waals surface area contributed by atoms with E-state index in [1.807, 2.05) is 30.3 Å². The summed E-state index contributed by atoms with van der Waals surface area (Å²) < 4.78 is 5.67. The lowest BCUT2D eigenvalue weighted by molar-refractivity contribution is -0.310. The number of para-hydroxylation sites is 1. The third kappa shape index (κ3) is 2.93. The number of carbonyl (C=O) groups is 2. The largest absolute Gasteiger partial charge is 0.550 e. The minimum Gasteiger partial charge on any atom is -0.550 e. The maximum absolute atomic E-state index is 11.9. The molecule has 0 radical (unpaired) electrons. The van der Waals surface area contributed by atoms with Crippen LogP contribution in [0.4, 0.5) is 5.69 Å². The van der Waals surface area contributed by atoms with E-state index >= 15 is 0 Å². The molecule has 0 spiro atoms. The van der Waals surface area contributed by atoms with Gasteiger partial charge in [0.25, 0.3) is 0 Å². The van der Waals surface area contributed by atoms with E-state index in [-0.39, 0.29) is 18.9 Å². The fourth-order valence-electron chi connectivity index (χ4n) is 2.43. The second kappa shape index (κ2) is 5.89. The van der Waals surface area contributed by atoms with E-state index < -0.39 is 11.9 Å². The molecule has 2 aromatic rings. The first kappa shape index (κ1) is 14.1. The quantitative estimate of drug-likeness (QED) is 0.859. The highest BCUT2D eigenvalue weighted by Gasteiger charge is 2.31. The van der Waals surface area contributed by atoms with Crippen LogP contribution in [0.2, 0.25) is 0 Å². The number of amides is 1. The van der Waals surface area contributed by atoms with E-state index in [2.05, 4.69) is 0 Å². The smallest absolute Gasteiger partial charge is 0.227 e. The van der Waals surface area contributed by atoms with Crippen LogP contribution in [0.15, 0.2) is 54.6 Å². The van der Waals surface area contributed by atoms with E-state index in [1.54, 1.807) is 24.3 Å². The van der Waals surface area contributed by atoms with Gasteiger partial charge < -0.3 is 19.5 Å².